The monoisotopic (exact) mass is 248 g/mol. The number of hydrogen-bond acceptors (Lipinski definition) is 3. The van der Waals surface area contributed by atoms with E-state index in [1.165, 1.54) is 0 Å². The van der Waals surface area contributed by atoms with Crippen LogP contribution in [-0.2, 0) is 0 Å². The minimum Gasteiger partial charge on any atom is -0.390 e. The maximum Gasteiger partial charge on any atom is 0.254 e. The van der Waals surface area contributed by atoms with E-state index in [0.29, 0.717) is 13.1 Å². The maximum atomic E-state index is 12.4. The molecule has 0 spiro atoms. The van der Waals surface area contributed by atoms with Crippen LogP contribution in [0.4, 0.5) is 0 Å². The average molecular weight is 248 g/mol. The Balaban J connectivity index is 2.23. The van der Waals surface area contributed by atoms with Crippen LogP contribution in [0.5, 0.6) is 0 Å². The number of aryl methyl sites for hydroxylation is 1. The second-order valence-corrected chi connectivity index (χ2v) is 4.96. The summed E-state index contributed by atoms with van der Waals surface area (Å²) in [6, 6.07) is 5.60. The van der Waals surface area contributed by atoms with Gasteiger partial charge in [-0.05, 0) is 31.0 Å². The molecule has 98 valence electrons. The normalized spacial score (nSPS) is 23.1. The molecule has 2 N–H and O–H groups in total. The molecule has 1 aliphatic rings. The van der Waals surface area contributed by atoms with Crippen LogP contribution in [0.3, 0.4) is 0 Å². The van der Waals surface area contributed by atoms with E-state index >= 15 is 0 Å². The van der Waals surface area contributed by atoms with Gasteiger partial charge in [-0.25, -0.2) is 0 Å². The number of hydrogen-bond donors (Lipinski definition) is 2. The lowest BCUT2D eigenvalue weighted by molar-refractivity contribution is 0.0580. The van der Waals surface area contributed by atoms with Gasteiger partial charge in [0.1, 0.15) is 0 Å². The Labute approximate surface area is 108 Å². The molecule has 0 saturated carbocycles. The van der Waals surface area contributed by atoms with E-state index in [4.69, 9.17) is 0 Å². The first-order valence-corrected chi connectivity index (χ1v) is 6.24. The first-order valence-electron chi connectivity index (χ1n) is 6.24. The quantitative estimate of drug-likeness (QED) is 0.810. The second kappa shape index (κ2) is 5.08. The molecule has 2 atom stereocenters. The van der Waals surface area contributed by atoms with Crippen LogP contribution in [0.15, 0.2) is 18.2 Å². The van der Waals surface area contributed by atoms with Crippen molar-refractivity contribution in [2.45, 2.75) is 26.0 Å². The molecule has 0 aliphatic carbocycles. The van der Waals surface area contributed by atoms with Gasteiger partial charge >= 0.3 is 0 Å². The van der Waals surface area contributed by atoms with Gasteiger partial charge in [-0.1, -0.05) is 12.1 Å². The summed E-state index contributed by atoms with van der Waals surface area (Å²) in [4.78, 5) is 14.1. The predicted molar refractivity (Wildman–Crippen MR) is 70.7 cm³/mol. The third kappa shape index (κ3) is 2.26. The number of aliphatic hydroxyl groups excluding tert-OH is 1. The van der Waals surface area contributed by atoms with Crippen molar-refractivity contribution in [2.24, 2.45) is 0 Å². The number of β-amino-alcohol motifs (C(OH)–C–C–N with tert-alkyl or cyclic N) is 1. The zero-order chi connectivity index (χ0) is 13.3. The van der Waals surface area contributed by atoms with Crippen molar-refractivity contribution < 1.29 is 9.90 Å². The lowest BCUT2D eigenvalue weighted by Gasteiger charge is -2.27. The number of rotatable bonds is 2. The summed E-state index contributed by atoms with van der Waals surface area (Å²) in [5, 5.41) is 12.9. The zero-order valence-corrected chi connectivity index (χ0v) is 11.1. The standard InChI is InChI=1S/C14H20N2O2/c1-9-5-4-6-11(10(9)2)14(18)16(3)12-7-15-8-13(12)17/h4-6,12-13,15,17H,7-8H2,1-3H3/t12-,13-/m1/s1. The van der Waals surface area contributed by atoms with Gasteiger partial charge in [-0.3, -0.25) is 4.79 Å². The maximum absolute atomic E-state index is 12.4. The highest BCUT2D eigenvalue weighted by atomic mass is 16.3. The third-order valence-corrected chi connectivity index (χ3v) is 3.80. The highest BCUT2D eigenvalue weighted by Gasteiger charge is 2.31. The summed E-state index contributed by atoms with van der Waals surface area (Å²) in [5.41, 5.74) is 2.84. The van der Waals surface area contributed by atoms with Crippen molar-refractivity contribution in [3.8, 4) is 0 Å². The molecule has 0 bridgehead atoms. The fourth-order valence-corrected chi connectivity index (χ4v) is 2.37. The molecule has 4 nitrogen and oxygen atoms in total. The Morgan fingerprint density at radius 2 is 2.11 bits per heavy atom. The minimum absolute atomic E-state index is 0.0241. The number of nitrogens with zero attached hydrogens (tertiary/aromatic N) is 1. The number of amides is 1. The molecule has 18 heavy (non-hydrogen) atoms. The first kappa shape index (κ1) is 13.1. The molecule has 1 aromatic rings. The Morgan fingerprint density at radius 3 is 2.72 bits per heavy atom. The smallest absolute Gasteiger partial charge is 0.254 e. The van der Waals surface area contributed by atoms with E-state index in [-0.39, 0.29) is 11.9 Å². The van der Waals surface area contributed by atoms with Crippen LogP contribution in [0, 0.1) is 13.8 Å². The molecule has 0 aromatic heterocycles. The third-order valence-electron chi connectivity index (χ3n) is 3.80. The molecule has 1 amide bonds. The molecule has 1 fully saturated rings. The Hall–Kier alpha value is -1.39. The van der Waals surface area contributed by atoms with Crippen molar-refractivity contribution in [1.82, 2.24) is 10.2 Å². The van der Waals surface area contributed by atoms with E-state index in [2.05, 4.69) is 5.32 Å². The first-order chi connectivity index (χ1) is 8.52. The van der Waals surface area contributed by atoms with Crippen molar-refractivity contribution in [2.75, 3.05) is 20.1 Å². The van der Waals surface area contributed by atoms with Crippen LogP contribution < -0.4 is 5.32 Å². The van der Waals surface area contributed by atoms with Gasteiger partial charge in [-0.15, -0.1) is 0 Å². The Kier molecular flexibility index (Phi) is 3.68. The van der Waals surface area contributed by atoms with Gasteiger partial charge in [0.25, 0.3) is 5.91 Å². The van der Waals surface area contributed by atoms with Gasteiger partial charge in [-0.2, -0.15) is 0 Å². The average Bonchev–Trinajstić information content (AvgIpc) is 2.77. The van der Waals surface area contributed by atoms with Crippen molar-refractivity contribution in [3.05, 3.63) is 34.9 Å². The van der Waals surface area contributed by atoms with E-state index in [1.54, 1.807) is 11.9 Å². The summed E-state index contributed by atoms with van der Waals surface area (Å²) in [6.07, 6.45) is -0.482. The lowest BCUT2D eigenvalue weighted by atomic mass is 10.0. The van der Waals surface area contributed by atoms with E-state index in [1.807, 2.05) is 32.0 Å². The molecular formula is C14H20N2O2. The van der Waals surface area contributed by atoms with Crippen molar-refractivity contribution >= 4 is 5.91 Å². The van der Waals surface area contributed by atoms with Gasteiger partial charge in [0.2, 0.25) is 0 Å². The van der Waals surface area contributed by atoms with Gasteiger partial charge < -0.3 is 15.3 Å². The fraction of sp³-hybridized carbons (Fsp3) is 0.500. The summed E-state index contributed by atoms with van der Waals surface area (Å²) >= 11 is 0. The van der Waals surface area contributed by atoms with E-state index in [9.17, 15) is 9.90 Å². The highest BCUT2D eigenvalue weighted by molar-refractivity contribution is 5.96. The summed E-state index contributed by atoms with van der Waals surface area (Å²) < 4.78 is 0. The predicted octanol–water partition coefficient (Wildman–Crippen LogP) is 0.708. The summed E-state index contributed by atoms with van der Waals surface area (Å²) in [6.45, 7) is 5.15. The SMILES string of the molecule is Cc1cccc(C(=O)N(C)[C@@H]2CNC[C@H]2O)c1C. The number of likely N-dealkylation sites (N-methyl/N-ethyl adjacent to an activating group) is 1. The summed E-state index contributed by atoms with van der Waals surface area (Å²) in [7, 11) is 1.75. The number of aliphatic hydroxyl groups is 1. The molecule has 1 aromatic carbocycles. The summed E-state index contributed by atoms with van der Waals surface area (Å²) in [5.74, 6) is -0.0241. The fourth-order valence-electron chi connectivity index (χ4n) is 2.37. The van der Waals surface area contributed by atoms with Crippen LogP contribution in [0.1, 0.15) is 21.5 Å². The topological polar surface area (TPSA) is 52.6 Å². The van der Waals surface area contributed by atoms with Crippen LogP contribution in [-0.4, -0.2) is 48.2 Å². The van der Waals surface area contributed by atoms with Crippen molar-refractivity contribution in [1.29, 1.82) is 0 Å². The zero-order valence-electron chi connectivity index (χ0n) is 11.1. The molecular weight excluding hydrogens is 228 g/mol. The lowest BCUT2D eigenvalue weighted by Crippen LogP contribution is -2.44. The molecule has 1 saturated heterocycles. The van der Waals surface area contributed by atoms with E-state index in [0.717, 1.165) is 16.7 Å². The number of nitrogens with one attached hydrogen (secondary N) is 1. The van der Waals surface area contributed by atoms with E-state index < -0.39 is 6.10 Å². The molecule has 4 heteroatoms. The molecule has 1 heterocycles. The molecule has 0 radical (unpaired) electrons. The Bertz CT molecular complexity index is 459. The van der Waals surface area contributed by atoms with Crippen LogP contribution in [0.25, 0.3) is 0 Å². The molecule has 0 unspecified atom stereocenters. The van der Waals surface area contributed by atoms with Crippen LogP contribution in [0.2, 0.25) is 0 Å². The van der Waals surface area contributed by atoms with Gasteiger partial charge in [0, 0.05) is 25.7 Å². The van der Waals surface area contributed by atoms with Crippen molar-refractivity contribution in [3.63, 3.8) is 0 Å². The molecule has 2 rings (SSSR count). The van der Waals surface area contributed by atoms with Gasteiger partial charge in [0.15, 0.2) is 0 Å². The number of benzene rings is 1. The highest BCUT2D eigenvalue weighted by Crippen LogP contribution is 2.17. The Morgan fingerprint density at radius 1 is 1.39 bits per heavy atom. The van der Waals surface area contributed by atoms with Crippen LogP contribution >= 0.6 is 0 Å². The van der Waals surface area contributed by atoms with Gasteiger partial charge in [0.05, 0.1) is 12.1 Å². The number of carbonyl (C=O) groups is 1. The second-order valence-electron chi connectivity index (χ2n) is 4.96. The minimum atomic E-state index is -0.482. The molecule has 1 aliphatic heterocycles. The number of carbonyl (C=O) groups excluding carboxylic acids is 1. The largest absolute Gasteiger partial charge is 0.390 e.